The molecule has 10 heavy (non-hydrogen) atoms. The molecule has 0 saturated heterocycles. The monoisotopic (exact) mass is 204 g/mol. The Balaban J connectivity index is 2.81. The van der Waals surface area contributed by atoms with E-state index in [9.17, 15) is 0 Å². The van der Waals surface area contributed by atoms with Gasteiger partial charge in [0.15, 0.2) is 0 Å². The van der Waals surface area contributed by atoms with Crippen molar-refractivity contribution in [1.29, 1.82) is 0 Å². The van der Waals surface area contributed by atoms with E-state index in [1.54, 1.807) is 4.68 Å². The number of aryl methyl sites for hydroxylation is 1. The molecule has 1 N–H and O–H groups in total. The zero-order chi connectivity index (χ0) is 7.56. The summed E-state index contributed by atoms with van der Waals surface area (Å²) in [7, 11) is 0. The van der Waals surface area contributed by atoms with Gasteiger partial charge in [0.05, 0.1) is 18.8 Å². The van der Waals surface area contributed by atoms with E-state index in [0.717, 1.165) is 10.3 Å². The van der Waals surface area contributed by atoms with E-state index in [2.05, 4.69) is 21.0 Å². The molecular formula is C6H9BrN2O. The minimum Gasteiger partial charge on any atom is -0.394 e. The van der Waals surface area contributed by atoms with Gasteiger partial charge in [-0.3, -0.25) is 4.68 Å². The van der Waals surface area contributed by atoms with Crippen molar-refractivity contribution in [2.24, 2.45) is 0 Å². The van der Waals surface area contributed by atoms with Crippen LogP contribution in [-0.4, -0.2) is 21.5 Å². The quantitative estimate of drug-likeness (QED) is 0.780. The summed E-state index contributed by atoms with van der Waals surface area (Å²) in [6.07, 6.45) is 0. The number of rotatable bonds is 2. The van der Waals surface area contributed by atoms with Crippen molar-refractivity contribution in [3.63, 3.8) is 0 Å². The number of hydrogen-bond donors (Lipinski definition) is 1. The molecule has 0 atom stereocenters. The van der Waals surface area contributed by atoms with Gasteiger partial charge in [0.25, 0.3) is 0 Å². The minimum atomic E-state index is 0.125. The van der Waals surface area contributed by atoms with Crippen molar-refractivity contribution < 1.29 is 5.11 Å². The molecule has 0 aliphatic rings. The lowest BCUT2D eigenvalue weighted by Crippen LogP contribution is -2.03. The molecule has 3 nitrogen and oxygen atoms in total. The van der Waals surface area contributed by atoms with E-state index in [1.165, 1.54) is 0 Å². The Morgan fingerprint density at radius 3 is 2.90 bits per heavy atom. The summed E-state index contributed by atoms with van der Waals surface area (Å²) in [6, 6.07) is 1.91. The number of nitrogens with zero attached hydrogens (tertiary/aromatic N) is 2. The molecule has 4 heteroatoms. The van der Waals surface area contributed by atoms with Crippen molar-refractivity contribution in [1.82, 2.24) is 9.78 Å². The molecule has 0 aromatic carbocycles. The first kappa shape index (κ1) is 7.75. The lowest BCUT2D eigenvalue weighted by Gasteiger charge is -1.97. The van der Waals surface area contributed by atoms with Crippen LogP contribution < -0.4 is 0 Å². The molecular weight excluding hydrogens is 196 g/mol. The summed E-state index contributed by atoms with van der Waals surface area (Å²) in [5.74, 6) is 0. The molecule has 0 bridgehead atoms. The lowest BCUT2D eigenvalue weighted by molar-refractivity contribution is 0.268. The van der Waals surface area contributed by atoms with Crippen molar-refractivity contribution >= 4 is 15.9 Å². The van der Waals surface area contributed by atoms with E-state index < -0.39 is 0 Å². The van der Waals surface area contributed by atoms with Crippen LogP contribution in [0.2, 0.25) is 0 Å². The number of aliphatic hydroxyl groups is 1. The average molecular weight is 205 g/mol. The van der Waals surface area contributed by atoms with Gasteiger partial charge >= 0.3 is 0 Å². The Kier molecular flexibility index (Phi) is 2.45. The average Bonchev–Trinajstić information content (AvgIpc) is 2.13. The van der Waals surface area contributed by atoms with E-state index in [-0.39, 0.29) is 6.61 Å². The normalized spacial score (nSPS) is 10.3. The number of aromatic nitrogens is 2. The Hall–Kier alpha value is -0.350. The lowest BCUT2D eigenvalue weighted by atomic mass is 10.5. The molecule has 1 aromatic heterocycles. The molecule has 0 aliphatic heterocycles. The molecule has 1 heterocycles. The molecule has 0 amide bonds. The van der Waals surface area contributed by atoms with Gasteiger partial charge in [-0.05, 0) is 28.9 Å². The third-order valence-corrected chi connectivity index (χ3v) is 1.80. The number of hydrogen-bond acceptors (Lipinski definition) is 2. The fourth-order valence-electron chi connectivity index (χ4n) is 0.765. The Bertz CT molecular complexity index is 222. The second-order valence-corrected chi connectivity index (χ2v) is 2.87. The molecule has 0 fully saturated rings. The molecule has 56 valence electrons. The minimum absolute atomic E-state index is 0.125. The predicted octanol–water partition coefficient (Wildman–Crippen LogP) is 0.946. The standard InChI is InChI=1S/C6H9BrN2O/c1-5-4-6(7)9(8-5)2-3-10/h4,10H,2-3H2,1H3. The second kappa shape index (κ2) is 3.16. The molecule has 0 saturated carbocycles. The third-order valence-electron chi connectivity index (χ3n) is 1.16. The highest BCUT2D eigenvalue weighted by atomic mass is 79.9. The van der Waals surface area contributed by atoms with E-state index in [0.29, 0.717) is 6.54 Å². The van der Waals surface area contributed by atoms with E-state index in [4.69, 9.17) is 5.11 Å². The van der Waals surface area contributed by atoms with Crippen LogP contribution >= 0.6 is 15.9 Å². The highest BCUT2D eigenvalue weighted by Gasteiger charge is 1.99. The summed E-state index contributed by atoms with van der Waals surface area (Å²) in [5, 5.41) is 12.7. The van der Waals surface area contributed by atoms with Crippen LogP contribution in [0.4, 0.5) is 0 Å². The molecule has 0 spiro atoms. The van der Waals surface area contributed by atoms with Crippen LogP contribution in [0.1, 0.15) is 5.69 Å². The second-order valence-electron chi connectivity index (χ2n) is 2.06. The zero-order valence-electron chi connectivity index (χ0n) is 5.71. The SMILES string of the molecule is Cc1cc(Br)n(CCO)n1. The molecule has 1 aromatic rings. The first-order valence-corrected chi connectivity index (χ1v) is 3.84. The van der Waals surface area contributed by atoms with Crippen molar-refractivity contribution in [3.8, 4) is 0 Å². The Labute approximate surface area is 67.8 Å². The highest BCUT2D eigenvalue weighted by molar-refractivity contribution is 9.10. The topological polar surface area (TPSA) is 38.0 Å². The van der Waals surface area contributed by atoms with Gasteiger partial charge in [-0.2, -0.15) is 5.10 Å². The van der Waals surface area contributed by atoms with Gasteiger partial charge in [-0.25, -0.2) is 0 Å². The fourth-order valence-corrected chi connectivity index (χ4v) is 1.35. The maximum atomic E-state index is 8.57. The van der Waals surface area contributed by atoms with E-state index in [1.807, 2.05) is 13.0 Å². The summed E-state index contributed by atoms with van der Waals surface area (Å²) in [4.78, 5) is 0. The van der Waals surface area contributed by atoms with Crippen LogP contribution in [0.15, 0.2) is 10.7 Å². The predicted molar refractivity (Wildman–Crippen MR) is 41.7 cm³/mol. The summed E-state index contributed by atoms with van der Waals surface area (Å²) >= 11 is 3.31. The molecule has 1 rings (SSSR count). The van der Waals surface area contributed by atoms with Crippen LogP contribution in [0.25, 0.3) is 0 Å². The Morgan fingerprint density at radius 2 is 2.50 bits per heavy atom. The zero-order valence-corrected chi connectivity index (χ0v) is 7.30. The summed E-state index contributed by atoms with van der Waals surface area (Å²) in [5.41, 5.74) is 0.959. The van der Waals surface area contributed by atoms with Gasteiger partial charge in [-0.15, -0.1) is 0 Å². The van der Waals surface area contributed by atoms with Crippen LogP contribution in [-0.2, 0) is 6.54 Å². The smallest absolute Gasteiger partial charge is 0.104 e. The first-order valence-electron chi connectivity index (χ1n) is 3.05. The maximum Gasteiger partial charge on any atom is 0.104 e. The van der Waals surface area contributed by atoms with Gasteiger partial charge in [0.1, 0.15) is 4.60 Å². The van der Waals surface area contributed by atoms with Crippen LogP contribution in [0.5, 0.6) is 0 Å². The van der Waals surface area contributed by atoms with Gasteiger partial charge in [0.2, 0.25) is 0 Å². The van der Waals surface area contributed by atoms with Gasteiger partial charge < -0.3 is 5.11 Å². The van der Waals surface area contributed by atoms with Gasteiger partial charge in [-0.1, -0.05) is 0 Å². The summed E-state index contributed by atoms with van der Waals surface area (Å²) < 4.78 is 2.63. The van der Waals surface area contributed by atoms with Crippen molar-refractivity contribution in [2.75, 3.05) is 6.61 Å². The maximum absolute atomic E-state index is 8.57. The number of halogens is 1. The summed E-state index contributed by atoms with van der Waals surface area (Å²) in [6.45, 7) is 2.59. The first-order chi connectivity index (χ1) is 4.74. The Morgan fingerprint density at radius 1 is 1.80 bits per heavy atom. The van der Waals surface area contributed by atoms with Gasteiger partial charge in [0, 0.05) is 0 Å². The molecule has 0 aliphatic carbocycles. The van der Waals surface area contributed by atoms with Crippen LogP contribution in [0, 0.1) is 6.92 Å². The third kappa shape index (κ3) is 1.58. The fraction of sp³-hybridized carbons (Fsp3) is 0.500. The molecule has 0 radical (unpaired) electrons. The van der Waals surface area contributed by atoms with Crippen molar-refractivity contribution in [2.45, 2.75) is 13.5 Å². The van der Waals surface area contributed by atoms with Crippen molar-refractivity contribution in [3.05, 3.63) is 16.4 Å². The highest BCUT2D eigenvalue weighted by Crippen LogP contribution is 2.10. The largest absolute Gasteiger partial charge is 0.394 e. The molecule has 0 unspecified atom stereocenters. The number of aliphatic hydroxyl groups excluding tert-OH is 1. The van der Waals surface area contributed by atoms with Crippen LogP contribution in [0.3, 0.4) is 0 Å². The van der Waals surface area contributed by atoms with E-state index >= 15 is 0 Å².